The summed E-state index contributed by atoms with van der Waals surface area (Å²) in [6, 6.07) is 1.78. The van der Waals surface area contributed by atoms with Gasteiger partial charge in [-0.3, -0.25) is 0 Å². The molecule has 4 rings (SSSR count). The highest BCUT2D eigenvalue weighted by Gasteiger charge is 2.55. The van der Waals surface area contributed by atoms with Crippen LogP contribution >= 0.6 is 0 Å². The fraction of sp³-hybridized carbons (Fsp3) is 0.941. The fourth-order valence-corrected chi connectivity index (χ4v) is 5.36. The summed E-state index contributed by atoms with van der Waals surface area (Å²) < 4.78 is 5.50. The molecule has 2 amide bonds. The summed E-state index contributed by atoms with van der Waals surface area (Å²) in [4.78, 5) is 17.4. The van der Waals surface area contributed by atoms with Crippen molar-refractivity contribution in [3.63, 3.8) is 0 Å². The van der Waals surface area contributed by atoms with E-state index in [0.29, 0.717) is 18.0 Å². The SMILES string of the molecule is CC(C)N1C(=O)N(CC2CCOC2)CC12CC1CCC(C2)N1. The van der Waals surface area contributed by atoms with Crippen LogP contribution in [-0.4, -0.2) is 65.8 Å². The lowest BCUT2D eigenvalue weighted by molar-refractivity contribution is 0.0826. The van der Waals surface area contributed by atoms with Crippen LogP contribution in [0, 0.1) is 5.92 Å². The van der Waals surface area contributed by atoms with E-state index in [1.54, 1.807) is 0 Å². The van der Waals surface area contributed by atoms with Crippen LogP contribution in [0.2, 0.25) is 0 Å². The molecule has 124 valence electrons. The summed E-state index contributed by atoms with van der Waals surface area (Å²) in [5, 5.41) is 3.73. The van der Waals surface area contributed by atoms with Crippen LogP contribution in [-0.2, 0) is 4.74 Å². The molecule has 5 nitrogen and oxygen atoms in total. The van der Waals surface area contributed by atoms with Gasteiger partial charge in [-0.2, -0.15) is 0 Å². The lowest BCUT2D eigenvalue weighted by Gasteiger charge is -2.45. The van der Waals surface area contributed by atoms with Gasteiger partial charge in [0.1, 0.15) is 0 Å². The number of ether oxygens (including phenoxy) is 1. The van der Waals surface area contributed by atoms with Crippen molar-refractivity contribution in [1.82, 2.24) is 15.1 Å². The van der Waals surface area contributed by atoms with Gasteiger partial charge in [0.05, 0.1) is 12.1 Å². The third-order valence-electron chi connectivity index (χ3n) is 6.08. The second-order valence-electron chi connectivity index (χ2n) is 8.13. The van der Waals surface area contributed by atoms with E-state index in [-0.39, 0.29) is 17.6 Å². The predicted octanol–water partition coefficient (Wildman–Crippen LogP) is 1.82. The van der Waals surface area contributed by atoms with E-state index in [0.717, 1.165) is 45.6 Å². The number of piperidine rings is 1. The largest absolute Gasteiger partial charge is 0.381 e. The number of hydrogen-bond donors (Lipinski definition) is 1. The van der Waals surface area contributed by atoms with Crippen LogP contribution in [0.4, 0.5) is 4.79 Å². The average Bonchev–Trinajstić information content (AvgIpc) is 3.12. The van der Waals surface area contributed by atoms with Crippen molar-refractivity contribution in [3.8, 4) is 0 Å². The van der Waals surface area contributed by atoms with Gasteiger partial charge in [0.2, 0.25) is 0 Å². The Balaban J connectivity index is 1.56. The first-order valence-electron chi connectivity index (χ1n) is 8.99. The van der Waals surface area contributed by atoms with Gasteiger partial charge in [0.15, 0.2) is 0 Å². The minimum absolute atomic E-state index is 0.0712. The minimum atomic E-state index is 0.0712. The molecule has 0 aliphatic carbocycles. The molecule has 1 spiro atoms. The van der Waals surface area contributed by atoms with E-state index in [1.165, 1.54) is 12.8 Å². The summed E-state index contributed by atoms with van der Waals surface area (Å²) in [7, 11) is 0. The first-order chi connectivity index (χ1) is 10.6. The minimum Gasteiger partial charge on any atom is -0.381 e. The Bertz CT molecular complexity index is 435. The molecule has 5 heteroatoms. The lowest BCUT2D eigenvalue weighted by Crippen LogP contribution is -2.59. The van der Waals surface area contributed by atoms with Gasteiger partial charge < -0.3 is 19.9 Å². The second-order valence-corrected chi connectivity index (χ2v) is 8.13. The van der Waals surface area contributed by atoms with Crippen molar-refractivity contribution in [1.29, 1.82) is 0 Å². The van der Waals surface area contributed by atoms with Crippen molar-refractivity contribution in [2.24, 2.45) is 5.92 Å². The van der Waals surface area contributed by atoms with E-state index in [9.17, 15) is 4.79 Å². The molecule has 0 saturated carbocycles. The molecule has 3 unspecified atom stereocenters. The molecule has 22 heavy (non-hydrogen) atoms. The van der Waals surface area contributed by atoms with Crippen molar-refractivity contribution >= 4 is 6.03 Å². The highest BCUT2D eigenvalue weighted by atomic mass is 16.5. The zero-order valence-corrected chi connectivity index (χ0v) is 13.9. The summed E-state index contributed by atoms with van der Waals surface area (Å²) in [6.45, 7) is 7.84. The van der Waals surface area contributed by atoms with E-state index in [1.807, 2.05) is 0 Å². The number of amides is 2. The van der Waals surface area contributed by atoms with E-state index in [2.05, 4.69) is 29.0 Å². The van der Waals surface area contributed by atoms with Gasteiger partial charge in [-0.1, -0.05) is 0 Å². The molecule has 3 atom stereocenters. The number of rotatable bonds is 3. The predicted molar refractivity (Wildman–Crippen MR) is 84.8 cm³/mol. The maximum Gasteiger partial charge on any atom is 0.320 e. The number of carbonyl (C=O) groups is 1. The Morgan fingerprint density at radius 1 is 1.27 bits per heavy atom. The van der Waals surface area contributed by atoms with Gasteiger partial charge >= 0.3 is 6.03 Å². The zero-order valence-electron chi connectivity index (χ0n) is 13.9. The summed E-state index contributed by atoms with van der Waals surface area (Å²) in [6.07, 6.45) is 5.92. The quantitative estimate of drug-likeness (QED) is 0.865. The molecule has 4 fully saturated rings. The van der Waals surface area contributed by atoms with Gasteiger partial charge in [-0.15, -0.1) is 0 Å². The smallest absolute Gasteiger partial charge is 0.320 e. The third kappa shape index (κ3) is 2.33. The van der Waals surface area contributed by atoms with Crippen molar-refractivity contribution in [2.45, 2.75) is 69.6 Å². The van der Waals surface area contributed by atoms with Crippen molar-refractivity contribution in [3.05, 3.63) is 0 Å². The van der Waals surface area contributed by atoms with Crippen LogP contribution in [0.25, 0.3) is 0 Å². The molecular weight excluding hydrogens is 278 g/mol. The third-order valence-corrected chi connectivity index (χ3v) is 6.08. The molecule has 1 N–H and O–H groups in total. The lowest BCUT2D eigenvalue weighted by atomic mass is 9.82. The molecule has 2 bridgehead atoms. The Hall–Kier alpha value is -0.810. The normalized spacial score (nSPS) is 41.4. The van der Waals surface area contributed by atoms with Gasteiger partial charge in [0, 0.05) is 43.7 Å². The molecule has 0 aromatic heterocycles. The Morgan fingerprint density at radius 3 is 2.59 bits per heavy atom. The average molecular weight is 307 g/mol. The van der Waals surface area contributed by atoms with E-state index >= 15 is 0 Å². The zero-order chi connectivity index (χ0) is 15.3. The molecule has 0 aromatic rings. The fourth-order valence-electron chi connectivity index (χ4n) is 5.36. The molecule has 4 aliphatic heterocycles. The summed E-state index contributed by atoms with van der Waals surface area (Å²) in [5.74, 6) is 0.534. The number of hydrogen-bond acceptors (Lipinski definition) is 3. The Kier molecular flexibility index (Phi) is 3.61. The van der Waals surface area contributed by atoms with Crippen LogP contribution < -0.4 is 5.32 Å². The van der Waals surface area contributed by atoms with Gasteiger partial charge in [-0.05, 0) is 46.0 Å². The van der Waals surface area contributed by atoms with Crippen molar-refractivity contribution < 1.29 is 9.53 Å². The molecule has 4 aliphatic rings. The molecule has 4 heterocycles. The first-order valence-corrected chi connectivity index (χ1v) is 8.99. The standard InChI is InChI=1S/C17H29N3O2/c1-12(2)20-16(21)19(9-13-5-6-22-10-13)11-17(20)7-14-3-4-15(8-17)18-14/h12-15,18H,3-11H2,1-2H3. The first kappa shape index (κ1) is 14.8. The highest BCUT2D eigenvalue weighted by Crippen LogP contribution is 2.43. The number of fused-ring (bicyclic) bond motifs is 2. The number of nitrogens with zero attached hydrogens (tertiary/aromatic N) is 2. The van der Waals surface area contributed by atoms with E-state index in [4.69, 9.17) is 4.74 Å². The topological polar surface area (TPSA) is 44.8 Å². The number of carbonyl (C=O) groups excluding carboxylic acids is 1. The van der Waals surface area contributed by atoms with Crippen LogP contribution in [0.3, 0.4) is 0 Å². The molecular formula is C17H29N3O2. The molecule has 0 radical (unpaired) electrons. The highest BCUT2D eigenvalue weighted by molar-refractivity contribution is 5.78. The van der Waals surface area contributed by atoms with Crippen LogP contribution in [0.5, 0.6) is 0 Å². The molecule has 0 aromatic carbocycles. The maximum absolute atomic E-state index is 13.0. The number of urea groups is 1. The maximum atomic E-state index is 13.0. The Labute approximate surface area is 133 Å². The monoisotopic (exact) mass is 307 g/mol. The second kappa shape index (κ2) is 5.38. The van der Waals surface area contributed by atoms with E-state index < -0.39 is 0 Å². The van der Waals surface area contributed by atoms with Crippen LogP contribution in [0.15, 0.2) is 0 Å². The summed E-state index contributed by atoms with van der Waals surface area (Å²) >= 11 is 0. The van der Waals surface area contributed by atoms with Crippen LogP contribution in [0.1, 0.15) is 46.0 Å². The Morgan fingerprint density at radius 2 is 2.00 bits per heavy atom. The summed E-state index contributed by atoms with van der Waals surface area (Å²) in [5.41, 5.74) is 0.0712. The van der Waals surface area contributed by atoms with Gasteiger partial charge in [0.25, 0.3) is 0 Å². The number of nitrogens with one attached hydrogen (secondary N) is 1. The molecule has 4 saturated heterocycles. The van der Waals surface area contributed by atoms with Crippen molar-refractivity contribution in [2.75, 3.05) is 26.3 Å². The van der Waals surface area contributed by atoms with Gasteiger partial charge in [-0.25, -0.2) is 4.79 Å².